The highest BCUT2D eigenvalue weighted by molar-refractivity contribution is 7.00. The van der Waals surface area contributed by atoms with Gasteiger partial charge in [0.25, 0.3) is 6.71 Å². The summed E-state index contributed by atoms with van der Waals surface area (Å²) in [5, 5.41) is 2.49. The molecule has 79 heavy (non-hydrogen) atoms. The number of benzene rings is 10. The van der Waals surface area contributed by atoms with E-state index in [4.69, 9.17) is 0 Å². The molecule has 11 aromatic rings. The zero-order chi connectivity index (χ0) is 54.3. The Morgan fingerprint density at radius 1 is 0.354 bits per heavy atom. The van der Waals surface area contributed by atoms with Gasteiger partial charge in [-0.3, -0.25) is 0 Å². The summed E-state index contributed by atoms with van der Waals surface area (Å²) in [5.41, 5.74) is 27.4. The van der Waals surface area contributed by atoms with Gasteiger partial charge in [0.1, 0.15) is 0 Å². The molecule has 0 spiro atoms. The third-order valence-electron chi connectivity index (χ3n) is 17.8. The van der Waals surface area contributed by atoms with Gasteiger partial charge in [-0.05, 0) is 161 Å². The molecule has 0 unspecified atom stereocenters. The van der Waals surface area contributed by atoms with Crippen LogP contribution < -0.4 is 26.2 Å². The maximum atomic E-state index is 2.63. The van der Waals surface area contributed by atoms with Gasteiger partial charge in [0.15, 0.2) is 0 Å². The van der Waals surface area contributed by atoms with E-state index in [0.717, 1.165) is 17.8 Å². The number of rotatable bonds is 6. The Morgan fingerprint density at radius 2 is 0.785 bits per heavy atom. The van der Waals surface area contributed by atoms with E-state index in [-0.39, 0.29) is 28.4 Å². The smallest absolute Gasteiger partial charge is 0.252 e. The molecular weight excluding hydrogens is 954 g/mol. The van der Waals surface area contributed by atoms with Gasteiger partial charge in [0.2, 0.25) is 0 Å². The maximum Gasteiger partial charge on any atom is 0.252 e. The van der Waals surface area contributed by atoms with Gasteiger partial charge in [-0.15, -0.1) is 0 Å². The zero-order valence-electron chi connectivity index (χ0n) is 47.4. The Bertz CT molecular complexity index is 4160. The van der Waals surface area contributed by atoms with Crippen LogP contribution in [0.15, 0.2) is 218 Å². The number of hydrogen-bond donors (Lipinski definition) is 0. The van der Waals surface area contributed by atoms with E-state index in [1.807, 2.05) is 0 Å². The summed E-state index contributed by atoms with van der Waals surface area (Å²) in [6.45, 7) is 23.7. The summed E-state index contributed by atoms with van der Waals surface area (Å²) >= 11 is 0. The van der Waals surface area contributed by atoms with Crippen molar-refractivity contribution in [2.75, 3.05) is 9.80 Å². The van der Waals surface area contributed by atoms with Crippen molar-refractivity contribution in [3.63, 3.8) is 0 Å². The predicted octanol–water partition coefficient (Wildman–Crippen LogP) is 18.4. The fraction of sp³-hybridized carbons (Fsp3) is 0.200. The van der Waals surface area contributed by atoms with Crippen LogP contribution in [0.5, 0.6) is 0 Å². The second-order valence-corrected chi connectivity index (χ2v) is 26.2. The molecule has 0 saturated heterocycles. The fourth-order valence-electron chi connectivity index (χ4n) is 14.1. The maximum absolute atomic E-state index is 2.63. The van der Waals surface area contributed by atoms with Crippen molar-refractivity contribution in [3.05, 3.63) is 241 Å². The molecule has 14 rings (SSSR count). The Hall–Kier alpha value is -8.34. The first-order valence-electron chi connectivity index (χ1n) is 28.5. The number of anilines is 6. The van der Waals surface area contributed by atoms with Gasteiger partial charge in [-0.1, -0.05) is 227 Å². The van der Waals surface area contributed by atoms with Gasteiger partial charge in [-0.25, -0.2) is 0 Å². The topological polar surface area (TPSA) is 11.4 Å². The molecule has 0 bridgehead atoms. The number of aromatic nitrogens is 1. The fourth-order valence-corrected chi connectivity index (χ4v) is 14.1. The van der Waals surface area contributed by atoms with Crippen LogP contribution in [0, 0.1) is 0 Å². The number of hydrogen-bond acceptors (Lipinski definition) is 2. The Kier molecular flexibility index (Phi) is 10.9. The molecule has 0 atom stereocenters. The van der Waals surface area contributed by atoms with Crippen molar-refractivity contribution in [3.8, 4) is 39.1 Å². The van der Waals surface area contributed by atoms with Crippen LogP contribution >= 0.6 is 0 Å². The van der Waals surface area contributed by atoms with E-state index in [2.05, 4.69) is 302 Å². The SMILES string of the molecule is CC(C)(C)c1cc(N2c3ccc(-c4ccccc4)cc3B3c4cc(-c5ccccc5)ccc4N(c4ccc(-c5ccc6c(c5)C(C)(C)CC6(C)C)cc4)c4cc(-n5c6ccccc6c6ccccc65)cc2c43)cc(C(C)(C)C)c1. The average Bonchev–Trinajstić information content (AvgIpc) is 4.04. The van der Waals surface area contributed by atoms with Gasteiger partial charge in [0.05, 0.1) is 16.7 Å². The van der Waals surface area contributed by atoms with Crippen LogP contribution in [-0.4, -0.2) is 11.3 Å². The molecule has 1 aromatic heterocycles. The van der Waals surface area contributed by atoms with Crippen LogP contribution in [0.2, 0.25) is 0 Å². The van der Waals surface area contributed by atoms with Crippen LogP contribution in [0.4, 0.5) is 34.1 Å². The first-order valence-corrected chi connectivity index (χ1v) is 28.5. The van der Waals surface area contributed by atoms with Gasteiger partial charge in [-0.2, -0.15) is 0 Å². The van der Waals surface area contributed by atoms with Crippen molar-refractivity contribution < 1.29 is 0 Å². The highest BCUT2D eigenvalue weighted by Crippen LogP contribution is 2.52. The Morgan fingerprint density at radius 3 is 1.30 bits per heavy atom. The van der Waals surface area contributed by atoms with E-state index in [0.29, 0.717) is 0 Å². The lowest BCUT2D eigenvalue weighted by Gasteiger charge is -2.45. The van der Waals surface area contributed by atoms with E-state index in [9.17, 15) is 0 Å². The molecule has 0 radical (unpaired) electrons. The molecule has 0 N–H and O–H groups in total. The quantitative estimate of drug-likeness (QED) is 0.154. The summed E-state index contributed by atoms with van der Waals surface area (Å²) in [6.07, 6.45) is 1.15. The summed E-state index contributed by atoms with van der Waals surface area (Å²) in [4.78, 5) is 5.22. The molecule has 0 saturated carbocycles. The van der Waals surface area contributed by atoms with Crippen molar-refractivity contribution >= 4 is 79.0 Å². The standard InChI is InChI=1S/C75H68BN3/c1-72(2,3)54-42-55(73(4,5)6)44-57(43-54)79-68-38-33-53(49-23-15-12-16-24-49)41-64(68)76-63-40-52(48-21-13-11-14-22-48)32-37-67(63)77(56-34-29-50(30-35-56)51-31-36-61-62(39-51)75(9,10)47-74(61,7)8)69-45-58(46-70(79)71(69)76)78-65-27-19-17-25-59(65)60-26-18-20-28-66(60)78/h11-46H,47H2,1-10H3. The van der Waals surface area contributed by atoms with Crippen molar-refractivity contribution in [1.82, 2.24) is 4.57 Å². The van der Waals surface area contributed by atoms with Crippen LogP contribution in [0.1, 0.15) is 97.9 Å². The first kappa shape index (κ1) is 49.0. The van der Waals surface area contributed by atoms with Gasteiger partial charge in [0, 0.05) is 44.9 Å². The molecule has 10 aromatic carbocycles. The lowest BCUT2D eigenvalue weighted by Crippen LogP contribution is -2.61. The third kappa shape index (κ3) is 7.92. The second kappa shape index (κ2) is 17.6. The highest BCUT2D eigenvalue weighted by atomic mass is 15.2. The van der Waals surface area contributed by atoms with Crippen LogP contribution in [0.25, 0.3) is 60.9 Å². The molecule has 2 aliphatic heterocycles. The second-order valence-electron chi connectivity index (χ2n) is 26.2. The van der Waals surface area contributed by atoms with Crippen molar-refractivity contribution in [1.29, 1.82) is 0 Å². The van der Waals surface area contributed by atoms with E-state index in [1.54, 1.807) is 0 Å². The molecule has 386 valence electrons. The summed E-state index contributed by atoms with van der Waals surface area (Å²) in [5.74, 6) is 0. The minimum Gasteiger partial charge on any atom is -0.311 e. The van der Waals surface area contributed by atoms with Gasteiger partial charge < -0.3 is 14.4 Å². The van der Waals surface area contributed by atoms with Gasteiger partial charge >= 0.3 is 0 Å². The molecular formula is C75H68BN3. The van der Waals surface area contributed by atoms with E-state index in [1.165, 1.54) is 122 Å². The van der Waals surface area contributed by atoms with E-state index < -0.39 is 0 Å². The Balaban J connectivity index is 1.09. The molecule has 3 aliphatic rings. The Labute approximate surface area is 467 Å². The normalized spacial score (nSPS) is 15.0. The third-order valence-corrected chi connectivity index (χ3v) is 17.8. The summed E-state index contributed by atoms with van der Waals surface area (Å²) < 4.78 is 2.51. The largest absolute Gasteiger partial charge is 0.311 e. The molecule has 0 fully saturated rings. The lowest BCUT2D eigenvalue weighted by molar-refractivity contribution is 0.403. The minimum absolute atomic E-state index is 0.0963. The zero-order valence-corrected chi connectivity index (χ0v) is 47.4. The summed E-state index contributed by atoms with van der Waals surface area (Å²) in [7, 11) is 0. The van der Waals surface area contributed by atoms with Crippen molar-refractivity contribution in [2.24, 2.45) is 0 Å². The highest BCUT2D eigenvalue weighted by Gasteiger charge is 2.45. The molecule has 3 nitrogen and oxygen atoms in total. The molecule has 4 heteroatoms. The summed E-state index contributed by atoms with van der Waals surface area (Å²) in [6, 6.07) is 83.4. The van der Waals surface area contributed by atoms with Crippen LogP contribution in [-0.2, 0) is 21.7 Å². The number of fused-ring (bicyclic) bond motifs is 8. The predicted molar refractivity (Wildman–Crippen MR) is 339 cm³/mol. The monoisotopic (exact) mass is 1020 g/mol. The minimum atomic E-state index is -0.104. The average molecular weight is 1020 g/mol. The lowest BCUT2D eigenvalue weighted by atomic mass is 9.33. The first-order chi connectivity index (χ1) is 37.9. The van der Waals surface area contributed by atoms with Crippen LogP contribution in [0.3, 0.4) is 0 Å². The number of para-hydroxylation sites is 2. The molecule has 1 aliphatic carbocycles. The van der Waals surface area contributed by atoms with E-state index >= 15 is 0 Å². The van der Waals surface area contributed by atoms with Crippen molar-refractivity contribution in [2.45, 2.75) is 97.3 Å². The molecule has 0 amide bonds. The molecule has 3 heterocycles. The number of nitrogens with zero attached hydrogens (tertiary/aromatic N) is 3.